The largest absolute Gasteiger partial charge is 0.468 e. The van der Waals surface area contributed by atoms with Crippen molar-refractivity contribution in [3.63, 3.8) is 0 Å². The van der Waals surface area contributed by atoms with Crippen LogP contribution in [0.1, 0.15) is 20.3 Å². The van der Waals surface area contributed by atoms with Crippen molar-refractivity contribution in [2.45, 2.75) is 26.3 Å². The first kappa shape index (κ1) is 9.43. The third-order valence-corrected chi connectivity index (χ3v) is 1.23. The maximum absolute atomic E-state index is 10.7. The van der Waals surface area contributed by atoms with E-state index in [1.54, 1.807) is 0 Å². The van der Waals surface area contributed by atoms with Crippen LogP contribution >= 0.6 is 0 Å². The molecular formula is C7H15NO2. The van der Waals surface area contributed by atoms with Crippen LogP contribution in [0.5, 0.6) is 0 Å². The van der Waals surface area contributed by atoms with Gasteiger partial charge < -0.3 is 10.5 Å². The lowest BCUT2D eigenvalue weighted by atomic mass is 10.1. The fourth-order valence-electron chi connectivity index (χ4n) is 0.755. The van der Waals surface area contributed by atoms with E-state index < -0.39 is 6.04 Å². The first-order valence-corrected chi connectivity index (χ1v) is 3.41. The van der Waals surface area contributed by atoms with Crippen LogP contribution < -0.4 is 5.73 Å². The van der Waals surface area contributed by atoms with Crippen molar-refractivity contribution in [1.29, 1.82) is 0 Å². The predicted molar refractivity (Wildman–Crippen MR) is 39.4 cm³/mol. The first-order valence-electron chi connectivity index (χ1n) is 3.41. The average Bonchev–Trinajstić information content (AvgIpc) is 1.85. The molecule has 2 N–H and O–H groups in total. The Bertz CT molecular complexity index is 112. The molecule has 0 rings (SSSR count). The molecule has 0 radical (unpaired) electrons. The molecule has 0 saturated heterocycles. The maximum atomic E-state index is 10.7. The molecule has 0 aliphatic heterocycles. The Morgan fingerprint density at radius 3 is 2.40 bits per heavy atom. The summed E-state index contributed by atoms with van der Waals surface area (Å²) in [6.45, 7) is 4.03. The van der Waals surface area contributed by atoms with Gasteiger partial charge in [0.05, 0.1) is 7.11 Å². The number of hydrogen-bond donors (Lipinski definition) is 1. The van der Waals surface area contributed by atoms with E-state index in [1.165, 1.54) is 7.11 Å². The second kappa shape index (κ2) is 4.28. The van der Waals surface area contributed by atoms with Gasteiger partial charge in [-0.25, -0.2) is 0 Å². The topological polar surface area (TPSA) is 52.3 Å². The minimum absolute atomic E-state index is 0.325. The monoisotopic (exact) mass is 145 g/mol. The van der Waals surface area contributed by atoms with Gasteiger partial charge >= 0.3 is 5.97 Å². The summed E-state index contributed by atoms with van der Waals surface area (Å²) in [6.07, 6.45) is 0.687. The summed E-state index contributed by atoms with van der Waals surface area (Å²) in [7, 11) is 1.35. The lowest BCUT2D eigenvalue weighted by Gasteiger charge is -2.10. The van der Waals surface area contributed by atoms with Crippen LogP contribution in [0.2, 0.25) is 0 Å². The minimum Gasteiger partial charge on any atom is -0.468 e. The summed E-state index contributed by atoms with van der Waals surface area (Å²) in [6, 6.07) is -0.454. The molecule has 0 heterocycles. The molecule has 3 heteroatoms. The molecule has 0 bridgehead atoms. The van der Waals surface area contributed by atoms with Gasteiger partial charge in [-0.2, -0.15) is 0 Å². The van der Waals surface area contributed by atoms with E-state index in [0.717, 1.165) is 0 Å². The van der Waals surface area contributed by atoms with Crippen LogP contribution in [0.3, 0.4) is 0 Å². The number of carbonyl (C=O) groups excluding carboxylic acids is 1. The summed E-state index contributed by atoms with van der Waals surface area (Å²) in [5, 5.41) is 0. The van der Waals surface area contributed by atoms with Crippen molar-refractivity contribution in [2.24, 2.45) is 11.7 Å². The van der Waals surface area contributed by atoms with Gasteiger partial charge in [-0.15, -0.1) is 0 Å². The lowest BCUT2D eigenvalue weighted by Crippen LogP contribution is -2.32. The first-order chi connectivity index (χ1) is 4.57. The van der Waals surface area contributed by atoms with E-state index in [9.17, 15) is 4.79 Å². The molecule has 0 aromatic carbocycles. The molecule has 0 aliphatic carbocycles. The average molecular weight is 145 g/mol. The molecule has 0 aromatic rings. The van der Waals surface area contributed by atoms with E-state index in [2.05, 4.69) is 4.74 Å². The molecule has 0 saturated carbocycles. The fraction of sp³-hybridized carbons (Fsp3) is 0.857. The Hall–Kier alpha value is -0.570. The van der Waals surface area contributed by atoms with Crippen LogP contribution in [0.4, 0.5) is 0 Å². The van der Waals surface area contributed by atoms with Gasteiger partial charge in [0, 0.05) is 0 Å². The molecule has 1 unspecified atom stereocenters. The van der Waals surface area contributed by atoms with Crippen molar-refractivity contribution < 1.29 is 9.53 Å². The van der Waals surface area contributed by atoms with E-state index in [1.807, 2.05) is 13.8 Å². The molecule has 0 fully saturated rings. The zero-order valence-corrected chi connectivity index (χ0v) is 6.76. The van der Waals surface area contributed by atoms with E-state index >= 15 is 0 Å². The van der Waals surface area contributed by atoms with E-state index in [0.29, 0.717) is 12.3 Å². The van der Waals surface area contributed by atoms with Crippen molar-refractivity contribution in [2.75, 3.05) is 7.11 Å². The number of nitrogens with two attached hydrogens (primary N) is 1. The molecule has 0 spiro atoms. The summed E-state index contributed by atoms with van der Waals surface area (Å²) in [4.78, 5) is 10.7. The number of hydrogen-bond acceptors (Lipinski definition) is 3. The van der Waals surface area contributed by atoms with Gasteiger partial charge in [-0.05, 0) is 12.3 Å². The van der Waals surface area contributed by atoms with Gasteiger partial charge in [-0.3, -0.25) is 4.79 Å². The van der Waals surface area contributed by atoms with Crippen molar-refractivity contribution in [1.82, 2.24) is 0 Å². The van der Waals surface area contributed by atoms with Gasteiger partial charge in [0.1, 0.15) is 6.04 Å². The summed E-state index contributed by atoms with van der Waals surface area (Å²) in [5.74, 6) is 0.114. The van der Waals surface area contributed by atoms with Crippen LogP contribution in [-0.4, -0.2) is 19.1 Å². The molecule has 0 amide bonds. The maximum Gasteiger partial charge on any atom is 0.322 e. The Morgan fingerprint density at radius 2 is 2.10 bits per heavy atom. The summed E-state index contributed by atoms with van der Waals surface area (Å²) >= 11 is 0. The Balaban J connectivity index is 3.61. The highest BCUT2D eigenvalue weighted by molar-refractivity contribution is 5.75. The number of rotatable bonds is 3. The van der Waals surface area contributed by atoms with E-state index in [-0.39, 0.29) is 5.97 Å². The highest BCUT2D eigenvalue weighted by Crippen LogP contribution is 2.02. The van der Waals surface area contributed by atoms with Crippen molar-refractivity contribution >= 4 is 5.97 Å². The zero-order valence-electron chi connectivity index (χ0n) is 6.76. The SMILES string of the molecule is COC(=O)C(N)CC(C)C. The second-order valence-corrected chi connectivity index (χ2v) is 2.76. The van der Waals surface area contributed by atoms with Crippen LogP contribution in [-0.2, 0) is 9.53 Å². The smallest absolute Gasteiger partial charge is 0.322 e. The van der Waals surface area contributed by atoms with Crippen LogP contribution in [0, 0.1) is 5.92 Å². The summed E-state index contributed by atoms with van der Waals surface area (Å²) < 4.78 is 4.45. The molecular weight excluding hydrogens is 130 g/mol. The Kier molecular flexibility index (Phi) is 4.03. The standard InChI is InChI=1S/C7H15NO2/c1-5(2)4-6(8)7(9)10-3/h5-6H,4,8H2,1-3H3. The number of carbonyl (C=O) groups is 1. The molecule has 1 atom stereocenters. The zero-order chi connectivity index (χ0) is 8.15. The lowest BCUT2D eigenvalue weighted by molar-refractivity contribution is -0.142. The third-order valence-electron chi connectivity index (χ3n) is 1.23. The van der Waals surface area contributed by atoms with Crippen molar-refractivity contribution in [3.8, 4) is 0 Å². The highest BCUT2D eigenvalue weighted by atomic mass is 16.5. The van der Waals surface area contributed by atoms with Crippen LogP contribution in [0.25, 0.3) is 0 Å². The van der Waals surface area contributed by atoms with Crippen LogP contribution in [0.15, 0.2) is 0 Å². The molecule has 10 heavy (non-hydrogen) atoms. The second-order valence-electron chi connectivity index (χ2n) is 2.76. The molecule has 0 aromatic heterocycles. The summed E-state index contributed by atoms with van der Waals surface area (Å²) in [5.41, 5.74) is 5.45. The molecule has 60 valence electrons. The third kappa shape index (κ3) is 3.45. The quantitative estimate of drug-likeness (QED) is 0.589. The van der Waals surface area contributed by atoms with Gasteiger partial charge in [0.15, 0.2) is 0 Å². The Labute approximate surface area is 61.5 Å². The number of esters is 1. The predicted octanol–water partition coefficient (Wildman–Crippen LogP) is 0.533. The Morgan fingerprint density at radius 1 is 1.60 bits per heavy atom. The van der Waals surface area contributed by atoms with E-state index in [4.69, 9.17) is 5.73 Å². The molecule has 0 aliphatic rings. The fourth-order valence-corrected chi connectivity index (χ4v) is 0.755. The normalized spacial score (nSPS) is 13.3. The molecule has 3 nitrogen and oxygen atoms in total. The number of methoxy groups -OCH3 is 1. The van der Waals surface area contributed by atoms with Gasteiger partial charge in [0.25, 0.3) is 0 Å². The van der Waals surface area contributed by atoms with Gasteiger partial charge in [0.2, 0.25) is 0 Å². The highest BCUT2D eigenvalue weighted by Gasteiger charge is 2.14. The number of ether oxygens (including phenoxy) is 1. The van der Waals surface area contributed by atoms with Crippen molar-refractivity contribution in [3.05, 3.63) is 0 Å². The van der Waals surface area contributed by atoms with Gasteiger partial charge in [-0.1, -0.05) is 13.8 Å². The minimum atomic E-state index is -0.454.